The van der Waals surface area contributed by atoms with Gasteiger partial charge in [-0.1, -0.05) is 0 Å². The van der Waals surface area contributed by atoms with Crippen LogP contribution >= 0.6 is 0 Å². The molecule has 1 heterocycles. The van der Waals surface area contributed by atoms with E-state index in [2.05, 4.69) is 9.97 Å². The predicted octanol–water partition coefficient (Wildman–Crippen LogP) is 1.18. The fourth-order valence-corrected chi connectivity index (χ4v) is 2.04. The lowest BCUT2D eigenvalue weighted by molar-refractivity contribution is 0.0884. The maximum atomic E-state index is 12.0. The summed E-state index contributed by atoms with van der Waals surface area (Å²) < 4.78 is 0. The molecule has 0 amide bonds. The molecule has 1 aromatic heterocycles. The summed E-state index contributed by atoms with van der Waals surface area (Å²) in [6.45, 7) is 0. The maximum absolute atomic E-state index is 12.0. The number of hydrogen-bond donors (Lipinski definition) is 1. The highest BCUT2D eigenvalue weighted by atomic mass is 16.1. The first-order chi connectivity index (χ1) is 7.27. The molecule has 0 atom stereocenters. The van der Waals surface area contributed by atoms with Crippen LogP contribution in [0.1, 0.15) is 36.0 Å². The lowest BCUT2D eigenvalue weighted by Gasteiger charge is -2.24. The van der Waals surface area contributed by atoms with Crippen molar-refractivity contribution in [3.8, 4) is 0 Å². The third-order valence-electron chi connectivity index (χ3n) is 2.99. The number of aromatic nitrogens is 2. The summed E-state index contributed by atoms with van der Waals surface area (Å²) in [5, 5.41) is 0. The zero-order chi connectivity index (χ0) is 10.7. The Kier molecular flexibility index (Phi) is 3.06. The van der Waals surface area contributed by atoms with E-state index >= 15 is 0 Å². The van der Waals surface area contributed by atoms with E-state index in [1.54, 1.807) is 12.4 Å². The molecular weight excluding hydrogens is 190 g/mol. The van der Waals surface area contributed by atoms with Crippen molar-refractivity contribution >= 4 is 5.78 Å². The van der Waals surface area contributed by atoms with Gasteiger partial charge in [0.15, 0.2) is 5.78 Å². The topological polar surface area (TPSA) is 68.9 Å². The summed E-state index contributed by atoms with van der Waals surface area (Å²) in [7, 11) is 0. The van der Waals surface area contributed by atoms with Crippen LogP contribution in [-0.2, 0) is 0 Å². The van der Waals surface area contributed by atoms with Crippen molar-refractivity contribution in [3.63, 3.8) is 0 Å². The van der Waals surface area contributed by atoms with Gasteiger partial charge in [0, 0.05) is 24.4 Å². The first-order valence-electron chi connectivity index (χ1n) is 5.32. The van der Waals surface area contributed by atoms with E-state index < -0.39 is 0 Å². The van der Waals surface area contributed by atoms with E-state index in [1.165, 1.54) is 6.33 Å². The molecule has 4 nitrogen and oxygen atoms in total. The van der Waals surface area contributed by atoms with Crippen molar-refractivity contribution in [1.29, 1.82) is 0 Å². The minimum absolute atomic E-state index is 0.121. The van der Waals surface area contributed by atoms with E-state index in [0.29, 0.717) is 5.56 Å². The summed E-state index contributed by atoms with van der Waals surface area (Å²) in [4.78, 5) is 19.7. The Hall–Kier alpha value is -1.29. The van der Waals surface area contributed by atoms with Crippen LogP contribution in [0.2, 0.25) is 0 Å². The van der Waals surface area contributed by atoms with Crippen LogP contribution < -0.4 is 5.73 Å². The Labute approximate surface area is 88.9 Å². The van der Waals surface area contributed by atoms with Gasteiger partial charge in [-0.05, 0) is 25.7 Å². The molecule has 0 aliphatic heterocycles. The lowest BCUT2D eigenvalue weighted by atomic mass is 9.82. The standard InChI is InChI=1S/C11H15N3O/c12-10-3-1-8(2-4-10)11(15)9-5-13-7-14-6-9/h5-8,10H,1-4,12H2. The van der Waals surface area contributed by atoms with Gasteiger partial charge in [-0.3, -0.25) is 4.79 Å². The van der Waals surface area contributed by atoms with Crippen molar-refractivity contribution in [2.45, 2.75) is 31.7 Å². The molecule has 2 rings (SSSR count). The van der Waals surface area contributed by atoms with Gasteiger partial charge in [0.1, 0.15) is 6.33 Å². The molecule has 1 aliphatic carbocycles. The highest BCUT2D eigenvalue weighted by molar-refractivity contribution is 5.97. The summed E-state index contributed by atoms with van der Waals surface area (Å²) in [6.07, 6.45) is 8.30. The van der Waals surface area contributed by atoms with Crippen molar-refractivity contribution < 1.29 is 4.79 Å². The van der Waals surface area contributed by atoms with Gasteiger partial charge in [0.2, 0.25) is 0 Å². The molecule has 1 saturated carbocycles. The highest BCUT2D eigenvalue weighted by Gasteiger charge is 2.25. The Bertz CT molecular complexity index is 331. The van der Waals surface area contributed by atoms with Gasteiger partial charge in [-0.25, -0.2) is 9.97 Å². The zero-order valence-corrected chi connectivity index (χ0v) is 8.60. The summed E-state index contributed by atoms with van der Waals surface area (Å²) >= 11 is 0. The molecule has 1 aromatic rings. The molecule has 1 aliphatic rings. The van der Waals surface area contributed by atoms with Crippen LogP contribution in [0.5, 0.6) is 0 Å². The molecule has 2 N–H and O–H groups in total. The summed E-state index contributed by atoms with van der Waals surface area (Å²) in [5.74, 6) is 0.290. The van der Waals surface area contributed by atoms with E-state index in [4.69, 9.17) is 5.73 Å². The number of hydrogen-bond acceptors (Lipinski definition) is 4. The first kappa shape index (κ1) is 10.2. The second kappa shape index (κ2) is 4.49. The van der Waals surface area contributed by atoms with Crippen molar-refractivity contribution in [2.75, 3.05) is 0 Å². The van der Waals surface area contributed by atoms with Gasteiger partial charge in [-0.2, -0.15) is 0 Å². The van der Waals surface area contributed by atoms with Gasteiger partial charge >= 0.3 is 0 Å². The first-order valence-corrected chi connectivity index (χ1v) is 5.32. The number of carbonyl (C=O) groups excluding carboxylic acids is 1. The van der Waals surface area contributed by atoms with Crippen LogP contribution in [-0.4, -0.2) is 21.8 Å². The highest BCUT2D eigenvalue weighted by Crippen LogP contribution is 2.25. The van der Waals surface area contributed by atoms with Crippen LogP contribution in [0.25, 0.3) is 0 Å². The van der Waals surface area contributed by atoms with E-state index in [1.807, 2.05) is 0 Å². The smallest absolute Gasteiger partial charge is 0.169 e. The number of Topliss-reactive ketones (excluding diaryl/α,β-unsaturated/α-hetero) is 1. The minimum atomic E-state index is 0.121. The van der Waals surface area contributed by atoms with Crippen molar-refractivity contribution in [1.82, 2.24) is 9.97 Å². The molecule has 4 heteroatoms. The van der Waals surface area contributed by atoms with Crippen LogP contribution in [0.15, 0.2) is 18.7 Å². The quantitative estimate of drug-likeness (QED) is 0.736. The normalized spacial score (nSPS) is 26.2. The van der Waals surface area contributed by atoms with E-state index in [9.17, 15) is 4.79 Å². The summed E-state index contributed by atoms with van der Waals surface area (Å²) in [6, 6.07) is 0.279. The van der Waals surface area contributed by atoms with E-state index in [-0.39, 0.29) is 17.7 Å². The number of ketones is 1. The van der Waals surface area contributed by atoms with Crippen molar-refractivity contribution in [2.24, 2.45) is 11.7 Å². The second-order valence-corrected chi connectivity index (χ2v) is 4.10. The fraction of sp³-hybridized carbons (Fsp3) is 0.545. The minimum Gasteiger partial charge on any atom is -0.328 e. The Morgan fingerprint density at radius 2 is 1.80 bits per heavy atom. The molecular formula is C11H15N3O. The SMILES string of the molecule is NC1CCC(C(=O)c2cncnc2)CC1. The molecule has 15 heavy (non-hydrogen) atoms. The second-order valence-electron chi connectivity index (χ2n) is 4.10. The molecule has 0 aromatic carbocycles. The van der Waals surface area contributed by atoms with Gasteiger partial charge in [-0.15, -0.1) is 0 Å². The Morgan fingerprint density at radius 1 is 1.20 bits per heavy atom. The summed E-state index contributed by atoms with van der Waals surface area (Å²) in [5.41, 5.74) is 6.42. The number of nitrogens with two attached hydrogens (primary N) is 1. The third kappa shape index (κ3) is 2.39. The zero-order valence-electron chi connectivity index (χ0n) is 8.60. The lowest BCUT2D eigenvalue weighted by Crippen LogP contribution is -2.29. The largest absolute Gasteiger partial charge is 0.328 e. The van der Waals surface area contributed by atoms with Crippen molar-refractivity contribution in [3.05, 3.63) is 24.3 Å². The van der Waals surface area contributed by atoms with Gasteiger partial charge < -0.3 is 5.73 Å². The number of nitrogens with zero attached hydrogens (tertiary/aromatic N) is 2. The van der Waals surface area contributed by atoms with Gasteiger partial charge in [0.25, 0.3) is 0 Å². The Balaban J connectivity index is 2.03. The van der Waals surface area contributed by atoms with Crippen LogP contribution in [0.4, 0.5) is 0 Å². The maximum Gasteiger partial charge on any atom is 0.169 e. The number of carbonyl (C=O) groups is 1. The Morgan fingerprint density at radius 3 is 2.40 bits per heavy atom. The molecule has 0 unspecified atom stereocenters. The van der Waals surface area contributed by atoms with Gasteiger partial charge in [0.05, 0.1) is 5.56 Å². The average Bonchev–Trinajstić information content (AvgIpc) is 2.30. The molecule has 0 saturated heterocycles. The molecule has 0 spiro atoms. The average molecular weight is 205 g/mol. The monoisotopic (exact) mass is 205 g/mol. The predicted molar refractivity (Wildman–Crippen MR) is 56.3 cm³/mol. The van der Waals surface area contributed by atoms with Crippen LogP contribution in [0.3, 0.4) is 0 Å². The molecule has 0 radical (unpaired) electrons. The molecule has 80 valence electrons. The third-order valence-corrected chi connectivity index (χ3v) is 2.99. The van der Waals surface area contributed by atoms with Crippen LogP contribution in [0, 0.1) is 5.92 Å². The van der Waals surface area contributed by atoms with E-state index in [0.717, 1.165) is 25.7 Å². The molecule has 1 fully saturated rings. The number of rotatable bonds is 2. The molecule has 0 bridgehead atoms. The fourth-order valence-electron chi connectivity index (χ4n) is 2.04.